The predicted molar refractivity (Wildman–Crippen MR) is 74.3 cm³/mol. The van der Waals surface area contributed by atoms with Crippen molar-refractivity contribution in [3.05, 3.63) is 0 Å². The molecule has 0 unspecified atom stereocenters. The van der Waals surface area contributed by atoms with Crippen LogP contribution in [0.2, 0.25) is 0 Å². The van der Waals surface area contributed by atoms with Gasteiger partial charge in [-0.3, -0.25) is 0 Å². The summed E-state index contributed by atoms with van der Waals surface area (Å²) < 4.78 is 0. The smallest absolute Gasteiger partial charge is 0.0503 e. The Labute approximate surface area is 136 Å². The van der Waals surface area contributed by atoms with Gasteiger partial charge in [0.05, 0.1) is 13.1 Å². The van der Waals surface area contributed by atoms with Gasteiger partial charge in [-0.1, -0.05) is 0 Å². The molecular formula is C9H27N4O7Pd-. The van der Waals surface area contributed by atoms with Crippen molar-refractivity contribution in [2.45, 2.75) is 6.42 Å². The van der Waals surface area contributed by atoms with Crippen molar-refractivity contribution >= 4 is 11.8 Å². The van der Waals surface area contributed by atoms with Crippen LogP contribution >= 0.6 is 0 Å². The fourth-order valence-corrected chi connectivity index (χ4v) is 1.19. The standard InChI is InChI=1S/C9H18N4O2.5H2O.Pd/c14-8-7-9(15)13-6-4-11-2-1-10-3-5-12-8;;;;;;/h10-11H,1-7H2,(H,12,14)(H,13,15);5*1H2;/p-1. The molecule has 21 heavy (non-hydrogen) atoms. The Morgan fingerprint density at radius 2 is 1.05 bits per heavy atom. The Bertz CT molecular complexity index is 232. The van der Waals surface area contributed by atoms with Gasteiger partial charge in [0.1, 0.15) is 0 Å². The van der Waals surface area contributed by atoms with Crippen LogP contribution in [0.25, 0.3) is 0 Å². The summed E-state index contributed by atoms with van der Waals surface area (Å²) in [6.07, 6.45) is -0.194. The summed E-state index contributed by atoms with van der Waals surface area (Å²) in [5.41, 5.74) is 0. The summed E-state index contributed by atoms with van der Waals surface area (Å²) >= 11 is 0. The first-order valence-corrected chi connectivity index (χ1v) is 5.11. The number of hydrogen-bond acceptors (Lipinski definition) is 6. The van der Waals surface area contributed by atoms with Crippen molar-refractivity contribution in [3.63, 3.8) is 0 Å². The zero-order chi connectivity index (χ0) is 10.9. The Hall–Kier alpha value is -0.678. The van der Waals surface area contributed by atoms with Gasteiger partial charge in [0.2, 0.25) is 0 Å². The van der Waals surface area contributed by atoms with Crippen LogP contribution in [0.4, 0.5) is 0 Å². The number of aliphatic imine (C=N–C) groups is 2. The molecule has 0 atom stereocenters. The van der Waals surface area contributed by atoms with E-state index in [9.17, 15) is 10.2 Å². The quantitative estimate of drug-likeness (QED) is 0.291. The Kier molecular flexibility index (Phi) is 42.9. The minimum absolute atomic E-state index is 0. The molecule has 1 aliphatic rings. The summed E-state index contributed by atoms with van der Waals surface area (Å²) in [6.45, 7) is 3.84. The van der Waals surface area contributed by atoms with E-state index in [1.165, 1.54) is 0 Å². The molecular weight excluding hydrogens is 383 g/mol. The molecule has 0 amide bonds. The molecule has 0 spiro atoms. The Morgan fingerprint density at radius 3 is 1.38 bits per heavy atom. The summed E-state index contributed by atoms with van der Waals surface area (Å²) in [4.78, 5) is 7.47. The van der Waals surface area contributed by atoms with Gasteiger partial charge in [0.15, 0.2) is 0 Å². The van der Waals surface area contributed by atoms with Crippen molar-refractivity contribution in [2.24, 2.45) is 9.98 Å². The van der Waals surface area contributed by atoms with Crippen LogP contribution in [-0.4, -0.2) is 73.0 Å². The van der Waals surface area contributed by atoms with E-state index in [0.29, 0.717) is 26.2 Å². The molecule has 0 aromatic rings. The number of hydrogen-bond donors (Lipinski definition) is 2. The van der Waals surface area contributed by atoms with E-state index in [4.69, 9.17) is 0 Å². The van der Waals surface area contributed by atoms with Gasteiger partial charge in [-0.2, -0.15) is 0 Å². The van der Waals surface area contributed by atoms with Crippen molar-refractivity contribution in [1.29, 1.82) is 0 Å². The van der Waals surface area contributed by atoms with Gasteiger partial charge in [-0.25, -0.2) is 0 Å². The zero-order valence-electron chi connectivity index (χ0n) is 11.6. The molecule has 12 heteroatoms. The van der Waals surface area contributed by atoms with Crippen LogP contribution in [0.5, 0.6) is 0 Å². The van der Waals surface area contributed by atoms with Crippen molar-refractivity contribution in [3.8, 4) is 0 Å². The second-order valence-electron chi connectivity index (χ2n) is 3.23. The average molecular weight is 410 g/mol. The number of nitrogens with one attached hydrogen (secondary N) is 2. The topological polar surface area (TPSA) is 254 Å². The molecule has 0 aromatic carbocycles. The summed E-state index contributed by atoms with van der Waals surface area (Å²) in [6, 6.07) is 0. The molecule has 0 aromatic heterocycles. The van der Waals surface area contributed by atoms with Gasteiger partial charge in [0.25, 0.3) is 0 Å². The molecule has 0 radical (unpaired) electrons. The van der Waals surface area contributed by atoms with E-state index in [0.717, 1.165) is 13.1 Å². The summed E-state index contributed by atoms with van der Waals surface area (Å²) in [5.74, 6) is -0.754. The third kappa shape index (κ3) is 21.8. The Morgan fingerprint density at radius 1 is 0.714 bits per heavy atom. The van der Waals surface area contributed by atoms with Crippen LogP contribution in [0.15, 0.2) is 9.98 Å². The molecule has 1 aliphatic heterocycles. The maximum Gasteiger partial charge on any atom is 0.0503 e. The summed E-state index contributed by atoms with van der Waals surface area (Å²) in [5, 5.41) is 28.5. The van der Waals surface area contributed by atoms with E-state index in [2.05, 4.69) is 20.6 Å². The average Bonchev–Trinajstić information content (AvgIpc) is 2.21. The first-order valence-electron chi connectivity index (χ1n) is 5.11. The normalized spacial score (nSPS) is 15.4. The van der Waals surface area contributed by atoms with E-state index in [1.807, 2.05) is 0 Å². The van der Waals surface area contributed by atoms with Crippen molar-refractivity contribution in [1.82, 2.24) is 10.6 Å². The third-order valence-corrected chi connectivity index (χ3v) is 1.93. The van der Waals surface area contributed by atoms with E-state index in [1.54, 1.807) is 0 Å². The molecule has 0 bridgehead atoms. The second kappa shape index (κ2) is 24.3. The van der Waals surface area contributed by atoms with Gasteiger partial charge in [-0.15, -0.1) is 0 Å². The van der Waals surface area contributed by atoms with Crippen LogP contribution in [0.3, 0.4) is 0 Å². The van der Waals surface area contributed by atoms with Crippen LogP contribution in [0.1, 0.15) is 6.42 Å². The molecule has 0 saturated carbocycles. The Balaban J connectivity index is -0.0000000937. The zero-order valence-corrected chi connectivity index (χ0v) is 13.1. The largest absolute Gasteiger partial charge is 0.862 e. The minimum atomic E-state index is -0.377. The van der Waals surface area contributed by atoms with E-state index < -0.39 is 0 Å². The summed E-state index contributed by atoms with van der Waals surface area (Å²) in [7, 11) is 0. The van der Waals surface area contributed by atoms with Gasteiger partial charge in [0, 0.05) is 53.0 Å². The molecule has 136 valence electrons. The molecule has 11 nitrogen and oxygen atoms in total. The number of rotatable bonds is 0. The molecule has 0 fully saturated rings. The molecule has 0 aliphatic carbocycles. The maximum absolute atomic E-state index is 11.1. The second-order valence-corrected chi connectivity index (χ2v) is 3.23. The molecule has 13 N–H and O–H groups in total. The van der Waals surface area contributed by atoms with E-state index in [-0.39, 0.29) is 66.0 Å². The van der Waals surface area contributed by atoms with Gasteiger partial charge in [-0.05, 0) is 11.8 Å². The molecule has 1 rings (SSSR count). The fraction of sp³-hybridized carbons (Fsp3) is 0.778. The van der Waals surface area contributed by atoms with Gasteiger partial charge >= 0.3 is 0 Å². The predicted octanol–water partition coefficient (Wildman–Crippen LogP) is -7.14. The first-order chi connectivity index (χ1) is 7.29. The fourth-order valence-electron chi connectivity index (χ4n) is 1.19. The SMILES string of the molecule is O.O.O.O.[O-]C1=NCCNCCNCCN=C([O-])C1.[OH3+].[Pd]. The molecule has 0 saturated heterocycles. The monoisotopic (exact) mass is 409 g/mol. The van der Waals surface area contributed by atoms with Crippen LogP contribution < -0.4 is 20.8 Å². The maximum atomic E-state index is 11.1. The van der Waals surface area contributed by atoms with Crippen LogP contribution in [0, 0.1) is 0 Å². The third-order valence-electron chi connectivity index (χ3n) is 1.93. The van der Waals surface area contributed by atoms with Gasteiger partial charge < -0.3 is 58.2 Å². The van der Waals surface area contributed by atoms with E-state index >= 15 is 0 Å². The molecule has 1 heterocycles. The minimum Gasteiger partial charge on any atom is -0.862 e. The first kappa shape index (κ1) is 37.0. The number of nitrogens with zero attached hydrogens (tertiary/aromatic N) is 2. The van der Waals surface area contributed by atoms with Crippen molar-refractivity contribution in [2.75, 3.05) is 39.3 Å². The van der Waals surface area contributed by atoms with Crippen molar-refractivity contribution < 1.29 is 58.0 Å². The van der Waals surface area contributed by atoms with Crippen LogP contribution in [-0.2, 0) is 25.9 Å².